The molecule has 0 radical (unpaired) electrons. The Balaban J connectivity index is 1.73. The van der Waals surface area contributed by atoms with Gasteiger partial charge in [0, 0.05) is 30.8 Å². The molecule has 0 bridgehead atoms. The van der Waals surface area contributed by atoms with Crippen LogP contribution in [-0.4, -0.2) is 58.7 Å². The number of esters is 1. The van der Waals surface area contributed by atoms with Crippen molar-refractivity contribution in [3.8, 4) is 0 Å². The number of ether oxygens (including phenoxy) is 3. The van der Waals surface area contributed by atoms with Gasteiger partial charge < -0.3 is 19.3 Å². The number of hydrogen-bond donors (Lipinski definition) is 1. The van der Waals surface area contributed by atoms with Crippen molar-refractivity contribution in [2.24, 2.45) is 22.7 Å². The number of carbonyl (C=O) groups is 3. The second-order valence-corrected chi connectivity index (χ2v) is 12.3. The number of allylic oxidation sites excluding steroid dienone is 1. The van der Waals surface area contributed by atoms with Crippen LogP contribution in [0, 0.1) is 22.7 Å². The number of alkyl halides is 1. The van der Waals surface area contributed by atoms with Crippen LogP contribution < -0.4 is 0 Å². The smallest absolute Gasteiger partial charge is 0.303 e. The highest BCUT2D eigenvalue weighted by Gasteiger charge is 2.73. The Hall–Kier alpha value is -1.09. The van der Waals surface area contributed by atoms with Crippen molar-refractivity contribution in [2.45, 2.75) is 88.7 Å². The first-order valence-corrected chi connectivity index (χ1v) is 13.2. The van der Waals surface area contributed by atoms with Crippen LogP contribution in [0.4, 0.5) is 0 Å². The zero-order chi connectivity index (χ0) is 24.9. The van der Waals surface area contributed by atoms with E-state index in [9.17, 15) is 19.5 Å². The molecule has 7 nitrogen and oxygen atoms in total. The van der Waals surface area contributed by atoms with Gasteiger partial charge in [-0.3, -0.25) is 14.4 Å². The maximum Gasteiger partial charge on any atom is 0.303 e. The Bertz CT molecular complexity index is 902. The van der Waals surface area contributed by atoms with E-state index in [2.05, 4.69) is 29.8 Å². The van der Waals surface area contributed by atoms with Crippen LogP contribution in [0.1, 0.15) is 72.6 Å². The molecule has 4 rings (SSSR count). The molecule has 4 aliphatic carbocycles. The molecule has 3 saturated carbocycles. The van der Waals surface area contributed by atoms with Gasteiger partial charge in [-0.05, 0) is 63.4 Å². The topological polar surface area (TPSA) is 99.1 Å². The van der Waals surface area contributed by atoms with Crippen LogP contribution >= 0.6 is 15.9 Å². The standard InChI is InChI=1S/C26H37BrO7/c1-5-32-15-34-25(22(31)14-33-16(2)28)11-9-19-20-7-6-17-12-18(29)8-10-23(17,3)26(20,27)21(30)13-24(19,25)4/h12,19-21,30H,5-11,13-15H2,1-4H3/t19-,20-,21?,23-,24-,25-,26-/m0/s1. The van der Waals surface area contributed by atoms with E-state index in [4.69, 9.17) is 14.2 Å². The van der Waals surface area contributed by atoms with Crippen LogP contribution in [-0.2, 0) is 28.6 Å². The Morgan fingerprint density at radius 2 is 1.91 bits per heavy atom. The molecular formula is C26H37BrO7. The summed E-state index contributed by atoms with van der Waals surface area (Å²) >= 11 is 4.08. The molecule has 0 amide bonds. The summed E-state index contributed by atoms with van der Waals surface area (Å²) in [5.41, 5.74) is -1.05. The van der Waals surface area contributed by atoms with Gasteiger partial charge in [-0.1, -0.05) is 35.4 Å². The lowest BCUT2D eigenvalue weighted by atomic mass is 9.45. The van der Waals surface area contributed by atoms with Crippen molar-refractivity contribution in [1.29, 1.82) is 0 Å². The van der Waals surface area contributed by atoms with Crippen LogP contribution in [0.3, 0.4) is 0 Å². The molecule has 0 aromatic rings. The summed E-state index contributed by atoms with van der Waals surface area (Å²) in [6.07, 6.45) is 5.53. The lowest BCUT2D eigenvalue weighted by molar-refractivity contribution is -0.215. The monoisotopic (exact) mass is 540 g/mol. The average molecular weight is 541 g/mol. The molecule has 1 N–H and O–H groups in total. The van der Waals surface area contributed by atoms with Gasteiger partial charge in [0.2, 0.25) is 5.78 Å². The Morgan fingerprint density at radius 3 is 2.59 bits per heavy atom. The molecular weight excluding hydrogens is 504 g/mol. The molecule has 3 fully saturated rings. The van der Waals surface area contributed by atoms with Crippen LogP contribution in [0.25, 0.3) is 0 Å². The molecule has 34 heavy (non-hydrogen) atoms. The Kier molecular flexibility index (Phi) is 6.95. The van der Waals surface area contributed by atoms with Gasteiger partial charge in [0.15, 0.2) is 12.4 Å². The lowest BCUT2D eigenvalue weighted by Crippen LogP contribution is -2.69. The van der Waals surface area contributed by atoms with E-state index in [-0.39, 0.29) is 42.2 Å². The highest BCUT2D eigenvalue weighted by molar-refractivity contribution is 9.10. The number of halogens is 1. The summed E-state index contributed by atoms with van der Waals surface area (Å²) in [6.45, 7) is 7.45. The van der Waals surface area contributed by atoms with Crippen LogP contribution in [0.5, 0.6) is 0 Å². The predicted molar refractivity (Wildman–Crippen MR) is 128 cm³/mol. The molecule has 0 heterocycles. The van der Waals surface area contributed by atoms with E-state index in [0.717, 1.165) is 24.8 Å². The number of aliphatic hydroxyl groups excluding tert-OH is 1. The summed E-state index contributed by atoms with van der Waals surface area (Å²) < 4.78 is 16.3. The fourth-order valence-electron chi connectivity index (χ4n) is 7.84. The second-order valence-electron chi connectivity index (χ2n) is 10.9. The van der Waals surface area contributed by atoms with Gasteiger partial charge in [-0.25, -0.2) is 0 Å². The fraction of sp³-hybridized carbons (Fsp3) is 0.808. The molecule has 4 aliphatic rings. The predicted octanol–water partition coefficient (Wildman–Crippen LogP) is 3.89. The molecule has 0 saturated heterocycles. The van der Waals surface area contributed by atoms with Gasteiger partial charge in [0.1, 0.15) is 12.4 Å². The first-order valence-electron chi connectivity index (χ1n) is 12.5. The van der Waals surface area contributed by atoms with Crippen molar-refractivity contribution >= 4 is 33.5 Å². The van der Waals surface area contributed by atoms with Crippen molar-refractivity contribution < 1.29 is 33.7 Å². The average Bonchev–Trinajstić information content (AvgIpc) is 3.06. The largest absolute Gasteiger partial charge is 0.458 e. The third-order valence-electron chi connectivity index (χ3n) is 9.61. The number of carbonyl (C=O) groups excluding carboxylic acids is 3. The van der Waals surface area contributed by atoms with E-state index in [1.807, 2.05) is 6.92 Å². The van der Waals surface area contributed by atoms with Gasteiger partial charge >= 0.3 is 5.97 Å². The van der Waals surface area contributed by atoms with E-state index in [1.54, 1.807) is 6.08 Å². The maximum absolute atomic E-state index is 13.6. The number of fused-ring (bicyclic) bond motifs is 5. The van der Waals surface area contributed by atoms with Crippen molar-refractivity contribution in [2.75, 3.05) is 20.0 Å². The first kappa shape index (κ1) is 26.0. The third-order valence-corrected chi connectivity index (χ3v) is 11.6. The first-order chi connectivity index (χ1) is 16.0. The van der Waals surface area contributed by atoms with Crippen molar-refractivity contribution in [3.63, 3.8) is 0 Å². The SMILES string of the molecule is CCOCO[C@]1(C(=O)COC(C)=O)CC[C@H]2[C@@H]3CCC4=CC(=O)CC[C@]4(C)[C@@]3(Br)C(O)C[C@@]21C. The van der Waals surface area contributed by atoms with E-state index in [0.29, 0.717) is 32.3 Å². The zero-order valence-electron chi connectivity index (χ0n) is 20.7. The highest BCUT2D eigenvalue weighted by Crippen LogP contribution is 2.72. The van der Waals surface area contributed by atoms with E-state index in [1.165, 1.54) is 6.92 Å². The van der Waals surface area contributed by atoms with Crippen molar-refractivity contribution in [1.82, 2.24) is 0 Å². The van der Waals surface area contributed by atoms with E-state index >= 15 is 0 Å². The van der Waals surface area contributed by atoms with Crippen LogP contribution in [0.15, 0.2) is 11.6 Å². The zero-order valence-corrected chi connectivity index (χ0v) is 22.2. The number of ketones is 2. The summed E-state index contributed by atoms with van der Waals surface area (Å²) in [5, 5.41) is 11.8. The number of aliphatic hydroxyl groups is 1. The lowest BCUT2D eigenvalue weighted by Gasteiger charge is -2.65. The van der Waals surface area contributed by atoms with Crippen LogP contribution in [0.2, 0.25) is 0 Å². The Labute approximate surface area is 210 Å². The minimum atomic E-state index is -1.20. The summed E-state index contributed by atoms with van der Waals surface area (Å²) in [7, 11) is 0. The molecule has 1 unspecified atom stereocenters. The van der Waals surface area contributed by atoms with Crippen molar-refractivity contribution in [3.05, 3.63) is 11.6 Å². The number of hydrogen-bond acceptors (Lipinski definition) is 7. The highest BCUT2D eigenvalue weighted by atomic mass is 79.9. The molecule has 0 aromatic carbocycles. The van der Waals surface area contributed by atoms with Gasteiger partial charge in [-0.2, -0.15) is 0 Å². The maximum atomic E-state index is 13.6. The minimum Gasteiger partial charge on any atom is -0.458 e. The quantitative estimate of drug-likeness (QED) is 0.226. The minimum absolute atomic E-state index is 0.0302. The molecule has 8 heteroatoms. The Morgan fingerprint density at radius 1 is 1.18 bits per heavy atom. The molecule has 0 aromatic heterocycles. The second kappa shape index (κ2) is 9.09. The number of Topliss-reactive ketones (excluding diaryl/α,β-unsaturated/α-hetero) is 1. The van der Waals surface area contributed by atoms with Gasteiger partial charge in [0.05, 0.1) is 10.4 Å². The summed E-state index contributed by atoms with van der Waals surface area (Å²) in [5.74, 6) is -0.391. The fourth-order valence-corrected chi connectivity index (χ4v) is 9.01. The molecule has 190 valence electrons. The summed E-state index contributed by atoms with van der Waals surface area (Å²) in [4.78, 5) is 37.2. The molecule has 7 atom stereocenters. The van der Waals surface area contributed by atoms with Gasteiger partial charge in [-0.15, -0.1) is 0 Å². The van der Waals surface area contributed by atoms with Gasteiger partial charge in [0.25, 0.3) is 0 Å². The molecule has 0 aliphatic heterocycles. The normalized spacial score (nSPS) is 43.4. The van der Waals surface area contributed by atoms with E-state index < -0.39 is 27.4 Å². The number of rotatable bonds is 7. The third kappa shape index (κ3) is 3.58. The molecule has 0 spiro atoms. The summed E-state index contributed by atoms with van der Waals surface area (Å²) in [6, 6.07) is 0.